The first-order valence-electron chi connectivity index (χ1n) is 9.31. The number of rotatable bonds is 8. The fourth-order valence-corrected chi connectivity index (χ4v) is 5.06. The van der Waals surface area contributed by atoms with Crippen LogP contribution in [0.2, 0.25) is 5.02 Å². The number of amides is 1. The van der Waals surface area contributed by atoms with Gasteiger partial charge in [-0.3, -0.25) is 4.79 Å². The highest BCUT2D eigenvalue weighted by Crippen LogP contribution is 2.26. The molecule has 0 spiro atoms. The molecule has 1 aliphatic heterocycles. The van der Waals surface area contributed by atoms with Crippen molar-refractivity contribution in [1.82, 2.24) is 9.62 Å². The maximum Gasteiger partial charge on any atom is 0.241 e. The van der Waals surface area contributed by atoms with E-state index >= 15 is 0 Å². The third kappa shape index (κ3) is 6.35. The van der Waals surface area contributed by atoms with Crippen molar-refractivity contribution in [3.63, 3.8) is 0 Å². The third-order valence-corrected chi connectivity index (χ3v) is 7.56. The van der Waals surface area contributed by atoms with Gasteiger partial charge < -0.3 is 9.64 Å². The molecule has 0 saturated carbocycles. The first kappa shape index (κ1) is 23.5. The minimum Gasteiger partial charge on any atom is -0.378 e. The Hall–Kier alpha value is -0.800. The summed E-state index contributed by atoms with van der Waals surface area (Å²) < 4.78 is 33.7. The van der Waals surface area contributed by atoms with Gasteiger partial charge in [0.15, 0.2) is 0 Å². The second-order valence-electron chi connectivity index (χ2n) is 7.24. The quantitative estimate of drug-likeness (QED) is 0.661. The fourth-order valence-electron chi connectivity index (χ4n) is 3.23. The van der Waals surface area contributed by atoms with Crippen molar-refractivity contribution < 1.29 is 17.9 Å². The Bertz CT molecular complexity index is 758. The van der Waals surface area contributed by atoms with Gasteiger partial charge in [-0.25, -0.2) is 8.42 Å². The Morgan fingerprint density at radius 3 is 2.61 bits per heavy atom. The lowest BCUT2D eigenvalue weighted by Gasteiger charge is -2.28. The minimum atomic E-state index is -3.82. The Morgan fingerprint density at radius 2 is 2.00 bits per heavy atom. The molecule has 158 valence electrons. The summed E-state index contributed by atoms with van der Waals surface area (Å²) in [5.41, 5.74) is -0.243. The van der Waals surface area contributed by atoms with E-state index in [9.17, 15) is 13.2 Å². The summed E-state index contributed by atoms with van der Waals surface area (Å²) in [6.45, 7) is 3.22. The van der Waals surface area contributed by atoms with Crippen LogP contribution in [0.3, 0.4) is 0 Å². The van der Waals surface area contributed by atoms with Gasteiger partial charge in [-0.15, -0.1) is 0 Å². The van der Waals surface area contributed by atoms with Gasteiger partial charge in [0.1, 0.15) is 6.04 Å². The number of carbonyl (C=O) groups is 1. The van der Waals surface area contributed by atoms with Gasteiger partial charge in [0.25, 0.3) is 0 Å². The summed E-state index contributed by atoms with van der Waals surface area (Å²) >= 11 is 7.43. The van der Waals surface area contributed by atoms with Crippen LogP contribution in [0.5, 0.6) is 0 Å². The molecule has 1 amide bonds. The summed E-state index contributed by atoms with van der Waals surface area (Å²) in [7, 11) is -2.12. The highest BCUT2D eigenvalue weighted by Gasteiger charge is 2.33. The number of likely N-dealkylation sites (tertiary alicyclic amines) is 1. The summed E-state index contributed by atoms with van der Waals surface area (Å²) in [4.78, 5) is 15.0. The molecule has 1 aromatic carbocycles. The zero-order chi connectivity index (χ0) is 20.8. The molecule has 2 rings (SSSR count). The van der Waals surface area contributed by atoms with Gasteiger partial charge in [0.05, 0.1) is 10.5 Å². The van der Waals surface area contributed by atoms with E-state index in [1.54, 1.807) is 23.8 Å². The van der Waals surface area contributed by atoms with E-state index in [2.05, 4.69) is 11.6 Å². The van der Waals surface area contributed by atoms with E-state index in [0.29, 0.717) is 30.3 Å². The maximum atomic E-state index is 13.1. The van der Waals surface area contributed by atoms with Crippen LogP contribution in [-0.2, 0) is 19.6 Å². The second kappa shape index (κ2) is 10.3. The number of benzene rings is 1. The highest BCUT2D eigenvalue weighted by molar-refractivity contribution is 7.98. The van der Waals surface area contributed by atoms with E-state index < -0.39 is 16.1 Å². The molecule has 0 unspecified atom stereocenters. The molecule has 0 aromatic heterocycles. The van der Waals surface area contributed by atoms with Crippen LogP contribution >= 0.6 is 23.4 Å². The second-order valence-corrected chi connectivity index (χ2v) is 10.4. The topological polar surface area (TPSA) is 75.7 Å². The molecule has 1 aliphatic rings. The smallest absolute Gasteiger partial charge is 0.241 e. The molecular formula is C19H29ClN2O4S2. The van der Waals surface area contributed by atoms with Crippen molar-refractivity contribution in [1.29, 1.82) is 0 Å². The van der Waals surface area contributed by atoms with Crippen molar-refractivity contribution >= 4 is 39.3 Å². The summed E-state index contributed by atoms with van der Waals surface area (Å²) in [5, 5.41) is 0.458. The molecule has 2 atom stereocenters. The zero-order valence-electron chi connectivity index (χ0n) is 16.6. The van der Waals surface area contributed by atoms with Crippen LogP contribution in [0.4, 0.5) is 0 Å². The van der Waals surface area contributed by atoms with Crippen molar-refractivity contribution in [3.05, 3.63) is 29.3 Å². The molecule has 0 radical (unpaired) electrons. The number of carbonyl (C=O) groups excluding carboxylic acids is 1. The number of halogens is 1. The maximum absolute atomic E-state index is 13.1. The summed E-state index contributed by atoms with van der Waals surface area (Å²) in [5.74, 6) is 0.510. The number of ether oxygens (including phenoxy) is 1. The van der Waals surface area contributed by atoms with Gasteiger partial charge in [-0.2, -0.15) is 16.5 Å². The normalized spacial score (nSPS) is 21.9. The Kier molecular flexibility index (Phi) is 8.63. The van der Waals surface area contributed by atoms with Crippen molar-refractivity contribution in [2.45, 2.75) is 49.1 Å². The molecule has 1 heterocycles. The molecule has 9 heteroatoms. The number of hydrogen-bond donors (Lipinski definition) is 1. The van der Waals surface area contributed by atoms with E-state index in [1.165, 1.54) is 24.3 Å². The first-order valence-corrected chi connectivity index (χ1v) is 12.6. The van der Waals surface area contributed by atoms with E-state index in [1.807, 2.05) is 6.26 Å². The third-order valence-electron chi connectivity index (χ3n) is 5.18. The fraction of sp³-hybridized carbons (Fsp3) is 0.632. The number of sulfonamides is 1. The Labute approximate surface area is 177 Å². The zero-order valence-corrected chi connectivity index (χ0v) is 19.0. The largest absolute Gasteiger partial charge is 0.378 e. The number of thioether (sulfide) groups is 1. The van der Waals surface area contributed by atoms with Crippen LogP contribution in [0.1, 0.15) is 32.6 Å². The molecule has 0 bridgehead atoms. The van der Waals surface area contributed by atoms with Crippen LogP contribution in [0, 0.1) is 0 Å². The van der Waals surface area contributed by atoms with Crippen molar-refractivity contribution in [2.75, 3.05) is 32.2 Å². The lowest BCUT2D eigenvalue weighted by molar-refractivity contribution is -0.133. The average molecular weight is 449 g/mol. The van der Waals surface area contributed by atoms with Gasteiger partial charge in [-0.05, 0) is 68.9 Å². The highest BCUT2D eigenvalue weighted by atomic mass is 35.5. The number of nitrogens with zero attached hydrogens (tertiary/aromatic N) is 1. The minimum absolute atomic E-state index is 0.0988. The van der Waals surface area contributed by atoms with Gasteiger partial charge in [0, 0.05) is 25.2 Å². The Morgan fingerprint density at radius 1 is 1.32 bits per heavy atom. The monoisotopic (exact) mass is 448 g/mol. The molecule has 1 aromatic rings. The van der Waals surface area contributed by atoms with E-state index in [0.717, 1.165) is 19.3 Å². The molecule has 1 fully saturated rings. The van der Waals surface area contributed by atoms with Gasteiger partial charge in [0.2, 0.25) is 15.9 Å². The molecule has 1 N–H and O–H groups in total. The van der Waals surface area contributed by atoms with E-state index in [-0.39, 0.29) is 16.4 Å². The number of methoxy groups -OCH3 is 1. The van der Waals surface area contributed by atoms with Crippen LogP contribution < -0.4 is 4.72 Å². The van der Waals surface area contributed by atoms with Gasteiger partial charge in [-0.1, -0.05) is 11.6 Å². The lowest BCUT2D eigenvalue weighted by atomic mass is 9.97. The predicted octanol–water partition coefficient (Wildman–Crippen LogP) is 3.16. The number of nitrogens with one attached hydrogen (secondary N) is 1. The van der Waals surface area contributed by atoms with Gasteiger partial charge >= 0.3 is 0 Å². The van der Waals surface area contributed by atoms with Crippen LogP contribution in [-0.4, -0.2) is 63.1 Å². The lowest BCUT2D eigenvalue weighted by Crippen LogP contribution is -2.49. The van der Waals surface area contributed by atoms with Crippen LogP contribution in [0.15, 0.2) is 29.2 Å². The standard InChI is InChI=1S/C19H29ClN2O4S2/c1-19(26-2)10-4-12-22(13-11-19)18(23)17(9-14-27-3)21-28(24,25)16-7-5-15(20)6-8-16/h5-8,17,21H,4,9-14H2,1-3H3/t17-,19-/m0/s1. The van der Waals surface area contributed by atoms with E-state index in [4.69, 9.17) is 16.3 Å². The molecule has 6 nitrogen and oxygen atoms in total. The molecule has 28 heavy (non-hydrogen) atoms. The van der Waals surface area contributed by atoms with Crippen molar-refractivity contribution in [3.8, 4) is 0 Å². The summed E-state index contributed by atoms with van der Waals surface area (Å²) in [6.07, 6.45) is 4.80. The number of hydrogen-bond acceptors (Lipinski definition) is 5. The molecular weight excluding hydrogens is 420 g/mol. The Balaban J connectivity index is 2.15. The SMILES string of the molecule is CO[C@@]1(C)CCCN(C(=O)[C@H](CCSC)NS(=O)(=O)c2ccc(Cl)cc2)CC1. The average Bonchev–Trinajstić information content (AvgIpc) is 2.87. The first-order chi connectivity index (χ1) is 13.2. The summed E-state index contributed by atoms with van der Waals surface area (Å²) in [6, 6.07) is 5.14. The molecule has 0 aliphatic carbocycles. The molecule has 1 saturated heterocycles. The van der Waals surface area contributed by atoms with Crippen molar-refractivity contribution in [2.24, 2.45) is 0 Å². The predicted molar refractivity (Wildman–Crippen MR) is 114 cm³/mol. The van der Waals surface area contributed by atoms with Crippen LogP contribution in [0.25, 0.3) is 0 Å².